The first-order chi connectivity index (χ1) is 10.1. The average molecular weight is 363 g/mol. The minimum atomic E-state index is 0.621. The Balaban J connectivity index is 1.94. The van der Waals surface area contributed by atoms with Gasteiger partial charge in [-0.25, -0.2) is 0 Å². The molecule has 0 saturated heterocycles. The summed E-state index contributed by atoms with van der Waals surface area (Å²) in [6.45, 7) is 0.680. The van der Waals surface area contributed by atoms with Crippen LogP contribution in [0.4, 0.5) is 5.69 Å². The molecule has 0 saturated carbocycles. The Morgan fingerprint density at radius 1 is 1.14 bits per heavy atom. The molecule has 0 fully saturated rings. The number of hydrogen-bond donors (Lipinski definition) is 1. The van der Waals surface area contributed by atoms with Crippen molar-refractivity contribution in [1.29, 1.82) is 0 Å². The zero-order valence-electron chi connectivity index (χ0n) is 11.1. The Labute approximate surface area is 136 Å². The van der Waals surface area contributed by atoms with Gasteiger partial charge >= 0.3 is 0 Å². The van der Waals surface area contributed by atoms with Crippen LogP contribution in [0.3, 0.4) is 0 Å². The summed E-state index contributed by atoms with van der Waals surface area (Å²) in [5.74, 6) is 0. The Hall–Kier alpha value is -1.78. The topological polar surface area (TPSA) is 43.8 Å². The first-order valence-electron chi connectivity index (χ1n) is 6.46. The summed E-state index contributed by atoms with van der Waals surface area (Å²) in [6, 6.07) is 15.8. The van der Waals surface area contributed by atoms with Crippen LogP contribution in [0.1, 0.15) is 5.56 Å². The van der Waals surface area contributed by atoms with E-state index in [0.717, 1.165) is 10.0 Å². The van der Waals surface area contributed by atoms with Gasteiger partial charge in [0.05, 0.1) is 17.3 Å². The number of nitrogens with two attached hydrogens (primary N) is 1. The largest absolute Gasteiger partial charge is 0.396 e. The van der Waals surface area contributed by atoms with E-state index in [1.54, 1.807) is 0 Å². The van der Waals surface area contributed by atoms with Gasteiger partial charge < -0.3 is 5.73 Å². The van der Waals surface area contributed by atoms with Crippen molar-refractivity contribution in [1.82, 2.24) is 9.78 Å². The summed E-state index contributed by atoms with van der Waals surface area (Å²) in [5.41, 5.74) is 9.42. The molecule has 21 heavy (non-hydrogen) atoms. The maximum Gasteiger partial charge on any atom is 0.117 e. The van der Waals surface area contributed by atoms with Crippen molar-refractivity contribution in [3.8, 4) is 11.3 Å². The van der Waals surface area contributed by atoms with Gasteiger partial charge in [-0.3, -0.25) is 4.68 Å². The van der Waals surface area contributed by atoms with E-state index in [4.69, 9.17) is 17.3 Å². The summed E-state index contributed by atoms with van der Waals surface area (Å²) in [7, 11) is 0. The van der Waals surface area contributed by atoms with Gasteiger partial charge in [-0.15, -0.1) is 0 Å². The third-order valence-electron chi connectivity index (χ3n) is 3.16. The predicted octanol–water partition coefficient (Wildman–Crippen LogP) is 4.60. The fraction of sp³-hybridized carbons (Fsp3) is 0.0625. The second kappa shape index (κ2) is 5.92. The lowest BCUT2D eigenvalue weighted by atomic mass is 10.1. The van der Waals surface area contributed by atoms with Gasteiger partial charge in [-0.1, -0.05) is 63.9 Å². The number of nitrogen functional groups attached to an aromatic ring is 1. The number of benzene rings is 2. The van der Waals surface area contributed by atoms with E-state index < -0.39 is 0 Å². The van der Waals surface area contributed by atoms with Gasteiger partial charge in [0.25, 0.3) is 0 Å². The van der Waals surface area contributed by atoms with Crippen LogP contribution in [0.2, 0.25) is 5.02 Å². The lowest BCUT2D eigenvalue weighted by Crippen LogP contribution is -2.00. The van der Waals surface area contributed by atoms with Crippen molar-refractivity contribution in [2.24, 2.45) is 0 Å². The zero-order chi connectivity index (χ0) is 14.8. The van der Waals surface area contributed by atoms with Crippen LogP contribution in [0, 0.1) is 0 Å². The van der Waals surface area contributed by atoms with Crippen molar-refractivity contribution >= 4 is 33.2 Å². The van der Waals surface area contributed by atoms with E-state index in [0.29, 0.717) is 22.9 Å². The van der Waals surface area contributed by atoms with Gasteiger partial charge in [-0.05, 0) is 17.7 Å². The smallest absolute Gasteiger partial charge is 0.117 e. The lowest BCUT2D eigenvalue weighted by molar-refractivity contribution is 0.689. The van der Waals surface area contributed by atoms with Crippen LogP contribution < -0.4 is 5.73 Å². The highest BCUT2D eigenvalue weighted by Crippen LogP contribution is 2.32. The van der Waals surface area contributed by atoms with Gasteiger partial charge in [0.1, 0.15) is 5.69 Å². The van der Waals surface area contributed by atoms with Gasteiger partial charge in [-0.2, -0.15) is 5.10 Å². The maximum absolute atomic E-state index is 6.27. The quantitative estimate of drug-likeness (QED) is 0.740. The zero-order valence-corrected chi connectivity index (χ0v) is 13.5. The SMILES string of the molecule is Nc1cn(Cc2ccccc2)nc1-c1ccc(Br)cc1Cl. The Morgan fingerprint density at radius 2 is 1.90 bits per heavy atom. The molecule has 2 N–H and O–H groups in total. The number of aromatic nitrogens is 2. The molecule has 0 aliphatic carbocycles. The van der Waals surface area contributed by atoms with Crippen LogP contribution in [0.15, 0.2) is 59.2 Å². The van der Waals surface area contributed by atoms with E-state index >= 15 is 0 Å². The third kappa shape index (κ3) is 3.12. The molecule has 106 valence electrons. The normalized spacial score (nSPS) is 10.8. The van der Waals surface area contributed by atoms with Gasteiger partial charge in [0.15, 0.2) is 0 Å². The molecular weight excluding hydrogens is 350 g/mol. The fourth-order valence-electron chi connectivity index (χ4n) is 2.18. The van der Waals surface area contributed by atoms with Crippen LogP contribution >= 0.6 is 27.5 Å². The van der Waals surface area contributed by atoms with E-state index in [-0.39, 0.29) is 0 Å². The molecule has 2 aromatic carbocycles. The monoisotopic (exact) mass is 361 g/mol. The second-order valence-electron chi connectivity index (χ2n) is 4.74. The van der Waals surface area contributed by atoms with Crippen molar-refractivity contribution in [2.45, 2.75) is 6.54 Å². The van der Waals surface area contributed by atoms with Crippen molar-refractivity contribution in [3.05, 3.63) is 69.8 Å². The molecule has 0 bridgehead atoms. The molecular formula is C16H13BrClN3. The van der Waals surface area contributed by atoms with Gasteiger partial charge in [0.2, 0.25) is 0 Å². The Bertz CT molecular complexity index is 768. The number of nitrogens with zero attached hydrogens (tertiary/aromatic N) is 2. The molecule has 3 aromatic rings. The number of rotatable bonds is 3. The highest BCUT2D eigenvalue weighted by molar-refractivity contribution is 9.10. The molecule has 0 aliphatic rings. The van der Waals surface area contributed by atoms with Crippen LogP contribution in [0.25, 0.3) is 11.3 Å². The summed E-state index contributed by atoms with van der Waals surface area (Å²) < 4.78 is 2.76. The lowest BCUT2D eigenvalue weighted by Gasteiger charge is -2.03. The van der Waals surface area contributed by atoms with Crippen LogP contribution in [-0.2, 0) is 6.54 Å². The van der Waals surface area contributed by atoms with E-state index in [1.807, 2.05) is 47.3 Å². The molecule has 0 atom stereocenters. The summed E-state index contributed by atoms with van der Waals surface area (Å²) in [4.78, 5) is 0. The summed E-state index contributed by atoms with van der Waals surface area (Å²) >= 11 is 9.67. The van der Waals surface area contributed by atoms with E-state index in [9.17, 15) is 0 Å². The summed E-state index contributed by atoms with van der Waals surface area (Å²) in [6.07, 6.45) is 1.83. The fourth-order valence-corrected chi connectivity index (χ4v) is 2.94. The minimum absolute atomic E-state index is 0.621. The first kappa shape index (κ1) is 14.2. The number of halogens is 2. The average Bonchev–Trinajstić information content (AvgIpc) is 2.80. The Morgan fingerprint density at radius 3 is 2.62 bits per heavy atom. The van der Waals surface area contributed by atoms with Crippen LogP contribution in [0.5, 0.6) is 0 Å². The maximum atomic E-state index is 6.27. The molecule has 5 heteroatoms. The minimum Gasteiger partial charge on any atom is -0.396 e. The van der Waals surface area contributed by atoms with Crippen molar-refractivity contribution in [3.63, 3.8) is 0 Å². The van der Waals surface area contributed by atoms with Crippen molar-refractivity contribution < 1.29 is 0 Å². The number of hydrogen-bond acceptors (Lipinski definition) is 2. The molecule has 3 nitrogen and oxygen atoms in total. The second-order valence-corrected chi connectivity index (χ2v) is 6.06. The van der Waals surface area contributed by atoms with Crippen LogP contribution in [-0.4, -0.2) is 9.78 Å². The number of anilines is 1. The van der Waals surface area contributed by atoms with Crippen molar-refractivity contribution in [2.75, 3.05) is 5.73 Å². The molecule has 0 radical (unpaired) electrons. The molecule has 0 aliphatic heterocycles. The van der Waals surface area contributed by atoms with E-state index in [2.05, 4.69) is 33.2 Å². The highest BCUT2D eigenvalue weighted by Gasteiger charge is 2.12. The van der Waals surface area contributed by atoms with Gasteiger partial charge in [0, 0.05) is 16.2 Å². The molecule has 0 unspecified atom stereocenters. The Kier molecular flexibility index (Phi) is 3.99. The predicted molar refractivity (Wildman–Crippen MR) is 90.3 cm³/mol. The molecule has 1 heterocycles. The third-order valence-corrected chi connectivity index (χ3v) is 3.97. The summed E-state index contributed by atoms with van der Waals surface area (Å²) in [5, 5.41) is 5.18. The highest BCUT2D eigenvalue weighted by atomic mass is 79.9. The molecule has 1 aromatic heterocycles. The molecule has 3 rings (SSSR count). The van der Waals surface area contributed by atoms with E-state index in [1.165, 1.54) is 5.56 Å². The molecule has 0 spiro atoms. The standard InChI is InChI=1S/C16H13BrClN3/c17-12-6-7-13(14(18)8-12)16-15(19)10-21(20-16)9-11-4-2-1-3-5-11/h1-8,10H,9,19H2. The first-order valence-corrected chi connectivity index (χ1v) is 7.63. The molecule has 0 amide bonds.